The number of hydrogen-bond donors (Lipinski definition) is 0. The van der Waals surface area contributed by atoms with E-state index in [0.717, 1.165) is 10.9 Å². The maximum atomic E-state index is 5.93. The molecule has 0 unspecified atom stereocenters. The van der Waals surface area contributed by atoms with Crippen LogP contribution in [0.3, 0.4) is 0 Å². The van der Waals surface area contributed by atoms with Crippen molar-refractivity contribution in [1.82, 2.24) is 24.7 Å². The summed E-state index contributed by atoms with van der Waals surface area (Å²) < 4.78 is 1.65. The number of halogens is 1. The summed E-state index contributed by atoms with van der Waals surface area (Å²) in [5.41, 5.74) is 0.925. The van der Waals surface area contributed by atoms with Crippen LogP contribution in [0.5, 0.6) is 0 Å². The number of fused-ring (bicyclic) bond motifs is 1. The van der Waals surface area contributed by atoms with Crippen LogP contribution in [0.1, 0.15) is 0 Å². The van der Waals surface area contributed by atoms with Crippen molar-refractivity contribution in [1.29, 1.82) is 0 Å². The summed E-state index contributed by atoms with van der Waals surface area (Å²) in [6.07, 6.45) is 1.77. The van der Waals surface area contributed by atoms with Gasteiger partial charge in [0.15, 0.2) is 0 Å². The van der Waals surface area contributed by atoms with E-state index in [1.807, 2.05) is 38.4 Å². The Kier molecular flexibility index (Phi) is 2.79. The van der Waals surface area contributed by atoms with Gasteiger partial charge in [-0.2, -0.15) is 24.7 Å². The smallest absolute Gasteiger partial charge is 0.257 e. The molecule has 0 atom stereocenters. The Balaban J connectivity index is 2.21. The lowest BCUT2D eigenvalue weighted by atomic mass is 10.3. The molecule has 2 heterocycles. The van der Waals surface area contributed by atoms with Gasteiger partial charge in [0.2, 0.25) is 11.2 Å². The molecule has 1 aromatic carbocycles. The van der Waals surface area contributed by atoms with Gasteiger partial charge in [0.05, 0.1) is 11.7 Å². The van der Waals surface area contributed by atoms with Crippen LogP contribution in [0.4, 0.5) is 5.95 Å². The second kappa shape index (κ2) is 4.47. The molecule has 0 aliphatic heterocycles. The van der Waals surface area contributed by atoms with Crippen molar-refractivity contribution < 1.29 is 0 Å². The van der Waals surface area contributed by atoms with Crippen molar-refractivity contribution in [2.75, 3.05) is 19.0 Å². The first-order chi connectivity index (χ1) is 9.15. The van der Waals surface area contributed by atoms with Crippen LogP contribution in [-0.2, 0) is 0 Å². The van der Waals surface area contributed by atoms with Crippen LogP contribution in [0, 0.1) is 0 Å². The number of aromatic nitrogens is 5. The van der Waals surface area contributed by atoms with E-state index in [2.05, 4.69) is 20.1 Å². The molecule has 7 heteroatoms. The van der Waals surface area contributed by atoms with Crippen molar-refractivity contribution in [3.63, 3.8) is 0 Å². The maximum absolute atomic E-state index is 5.93. The zero-order valence-electron chi connectivity index (χ0n) is 10.4. The predicted molar refractivity (Wildman–Crippen MR) is 73.8 cm³/mol. The van der Waals surface area contributed by atoms with Gasteiger partial charge in [-0.1, -0.05) is 18.2 Å². The molecule has 0 saturated carbocycles. The van der Waals surface area contributed by atoms with E-state index in [1.54, 1.807) is 15.8 Å². The minimum atomic E-state index is 0.147. The predicted octanol–water partition coefficient (Wildman–Crippen LogP) is 1.93. The standard InChI is InChI=1S/C12H11ClN6/c1-18(2)11-15-10(13)16-12(17-11)19-9-6-4-3-5-8(9)7-14-19/h3-7H,1-2H3. The van der Waals surface area contributed by atoms with Gasteiger partial charge < -0.3 is 4.90 Å². The number of rotatable bonds is 2. The quantitative estimate of drug-likeness (QED) is 0.715. The lowest BCUT2D eigenvalue weighted by Gasteiger charge is -2.11. The third kappa shape index (κ3) is 2.10. The van der Waals surface area contributed by atoms with Crippen LogP contribution >= 0.6 is 11.6 Å². The Morgan fingerprint density at radius 1 is 1.11 bits per heavy atom. The highest BCUT2D eigenvalue weighted by atomic mass is 35.5. The molecule has 0 spiro atoms. The number of benzene rings is 1. The van der Waals surface area contributed by atoms with Gasteiger partial charge >= 0.3 is 0 Å². The average molecular weight is 275 g/mol. The summed E-state index contributed by atoms with van der Waals surface area (Å²) in [6.45, 7) is 0. The molecule has 0 fully saturated rings. The molecule has 0 saturated heterocycles. The minimum Gasteiger partial charge on any atom is -0.347 e. The Morgan fingerprint density at radius 2 is 1.89 bits per heavy atom. The molecule has 19 heavy (non-hydrogen) atoms. The third-order valence-corrected chi connectivity index (χ3v) is 2.82. The molecule has 3 rings (SSSR count). The lowest BCUT2D eigenvalue weighted by molar-refractivity contribution is 0.808. The number of para-hydroxylation sites is 1. The summed E-state index contributed by atoms with van der Waals surface area (Å²) in [6, 6.07) is 7.83. The molecule has 3 aromatic rings. The minimum absolute atomic E-state index is 0.147. The fraction of sp³-hybridized carbons (Fsp3) is 0.167. The zero-order chi connectivity index (χ0) is 13.4. The molecule has 0 amide bonds. The van der Waals surface area contributed by atoms with Crippen LogP contribution < -0.4 is 4.90 Å². The maximum Gasteiger partial charge on any atom is 0.257 e. The lowest BCUT2D eigenvalue weighted by Crippen LogP contribution is -2.15. The normalized spacial score (nSPS) is 10.9. The first kappa shape index (κ1) is 11.9. The van der Waals surface area contributed by atoms with Gasteiger partial charge in [-0.3, -0.25) is 0 Å². The molecular weight excluding hydrogens is 264 g/mol. The Morgan fingerprint density at radius 3 is 2.68 bits per heavy atom. The summed E-state index contributed by atoms with van der Waals surface area (Å²) >= 11 is 5.93. The fourth-order valence-corrected chi connectivity index (χ4v) is 1.91. The summed E-state index contributed by atoms with van der Waals surface area (Å²) in [7, 11) is 3.69. The Bertz CT molecular complexity index is 736. The van der Waals surface area contributed by atoms with Gasteiger partial charge in [0.1, 0.15) is 0 Å². The SMILES string of the molecule is CN(C)c1nc(Cl)nc(-n2ncc3ccccc32)n1. The van der Waals surface area contributed by atoms with Gasteiger partial charge in [-0.25, -0.2) is 0 Å². The molecule has 0 radical (unpaired) electrons. The van der Waals surface area contributed by atoms with Gasteiger partial charge in [0.25, 0.3) is 5.95 Å². The number of anilines is 1. The first-order valence-corrected chi connectivity index (χ1v) is 6.05. The van der Waals surface area contributed by atoms with Crippen molar-refractivity contribution in [2.24, 2.45) is 0 Å². The van der Waals surface area contributed by atoms with Crippen LogP contribution in [-0.4, -0.2) is 38.8 Å². The monoisotopic (exact) mass is 274 g/mol. The molecule has 0 bridgehead atoms. The van der Waals surface area contributed by atoms with E-state index in [1.165, 1.54) is 0 Å². The average Bonchev–Trinajstić information content (AvgIpc) is 2.81. The molecule has 96 valence electrons. The molecular formula is C12H11ClN6. The highest BCUT2D eigenvalue weighted by molar-refractivity contribution is 6.28. The molecule has 0 N–H and O–H groups in total. The van der Waals surface area contributed by atoms with Gasteiger partial charge in [0, 0.05) is 19.5 Å². The van der Waals surface area contributed by atoms with Crippen LogP contribution in [0.2, 0.25) is 5.28 Å². The van der Waals surface area contributed by atoms with Crippen LogP contribution in [0.25, 0.3) is 16.9 Å². The summed E-state index contributed by atoms with van der Waals surface area (Å²) in [4.78, 5) is 14.3. The van der Waals surface area contributed by atoms with E-state index < -0.39 is 0 Å². The molecule has 0 aliphatic rings. The third-order valence-electron chi connectivity index (χ3n) is 2.65. The molecule has 0 aliphatic carbocycles. The van der Waals surface area contributed by atoms with E-state index >= 15 is 0 Å². The second-order valence-electron chi connectivity index (χ2n) is 4.21. The van der Waals surface area contributed by atoms with E-state index in [4.69, 9.17) is 11.6 Å². The molecule has 6 nitrogen and oxygen atoms in total. The van der Waals surface area contributed by atoms with Crippen LogP contribution in [0.15, 0.2) is 30.5 Å². The van der Waals surface area contributed by atoms with Gasteiger partial charge in [-0.15, -0.1) is 0 Å². The van der Waals surface area contributed by atoms with Crippen molar-refractivity contribution in [2.45, 2.75) is 0 Å². The van der Waals surface area contributed by atoms with E-state index in [-0.39, 0.29) is 5.28 Å². The van der Waals surface area contributed by atoms with Crippen molar-refractivity contribution in [3.8, 4) is 5.95 Å². The summed E-state index contributed by atoms with van der Waals surface area (Å²) in [5, 5.41) is 5.46. The topological polar surface area (TPSA) is 59.7 Å². The first-order valence-electron chi connectivity index (χ1n) is 5.67. The van der Waals surface area contributed by atoms with Gasteiger partial charge in [-0.05, 0) is 17.7 Å². The zero-order valence-corrected chi connectivity index (χ0v) is 11.2. The van der Waals surface area contributed by atoms with Crippen molar-refractivity contribution >= 4 is 28.5 Å². The summed E-state index contributed by atoms with van der Waals surface area (Å²) in [5.74, 6) is 0.902. The van der Waals surface area contributed by atoms with Crippen molar-refractivity contribution in [3.05, 3.63) is 35.7 Å². The molecule has 2 aromatic heterocycles. The Labute approximate surface area is 114 Å². The second-order valence-corrected chi connectivity index (χ2v) is 4.55. The van der Waals surface area contributed by atoms with E-state index in [0.29, 0.717) is 11.9 Å². The largest absolute Gasteiger partial charge is 0.347 e. The highest BCUT2D eigenvalue weighted by Gasteiger charge is 2.11. The Hall–Kier alpha value is -2.21. The number of hydrogen-bond acceptors (Lipinski definition) is 5. The fourth-order valence-electron chi connectivity index (χ4n) is 1.76. The number of nitrogens with zero attached hydrogens (tertiary/aromatic N) is 6. The highest BCUT2D eigenvalue weighted by Crippen LogP contribution is 2.17. The van der Waals surface area contributed by atoms with E-state index in [9.17, 15) is 0 Å².